The lowest BCUT2D eigenvalue weighted by Crippen LogP contribution is -2.47. The molecule has 1 aromatic carbocycles. The molecule has 0 aliphatic carbocycles. The first-order valence-corrected chi connectivity index (χ1v) is 10.6. The fourth-order valence-electron chi connectivity index (χ4n) is 3.09. The summed E-state index contributed by atoms with van der Waals surface area (Å²) in [7, 11) is -3.85. The first-order chi connectivity index (χ1) is 13.5. The number of carbonyl (C=O) groups excluding carboxylic acids is 1. The molecular weight excluding hydrogens is 400 g/mol. The average molecular weight is 422 g/mol. The van der Waals surface area contributed by atoms with Crippen molar-refractivity contribution in [3.63, 3.8) is 0 Å². The Morgan fingerprint density at radius 1 is 1.31 bits per heavy atom. The van der Waals surface area contributed by atoms with E-state index >= 15 is 0 Å². The van der Waals surface area contributed by atoms with E-state index in [-0.39, 0.29) is 28.3 Å². The predicted octanol–water partition coefficient (Wildman–Crippen LogP) is 2.71. The molecule has 0 saturated carbocycles. The van der Waals surface area contributed by atoms with Gasteiger partial charge in [-0.2, -0.15) is 0 Å². The zero-order chi connectivity index (χ0) is 21.4. The van der Waals surface area contributed by atoms with Crippen LogP contribution in [0, 0.1) is 10.1 Å². The second kappa shape index (κ2) is 7.54. The predicted molar refractivity (Wildman–Crippen MR) is 104 cm³/mol. The molecule has 1 fully saturated rings. The van der Waals surface area contributed by atoms with E-state index in [0.717, 1.165) is 6.20 Å². The van der Waals surface area contributed by atoms with Crippen molar-refractivity contribution < 1.29 is 22.9 Å². The van der Waals surface area contributed by atoms with Gasteiger partial charge in [-0.05, 0) is 39.7 Å². The minimum absolute atomic E-state index is 0.0111. The third kappa shape index (κ3) is 4.61. The summed E-state index contributed by atoms with van der Waals surface area (Å²) >= 11 is 0. The number of nitro benzene ring substituents is 1. The van der Waals surface area contributed by atoms with E-state index in [1.165, 1.54) is 23.1 Å². The zero-order valence-electron chi connectivity index (χ0n) is 16.4. The minimum atomic E-state index is -3.85. The Kier molecular flexibility index (Phi) is 5.44. The van der Waals surface area contributed by atoms with E-state index in [1.54, 1.807) is 20.8 Å². The van der Waals surface area contributed by atoms with E-state index in [2.05, 4.69) is 9.97 Å². The van der Waals surface area contributed by atoms with Crippen molar-refractivity contribution in [2.75, 3.05) is 13.1 Å². The Morgan fingerprint density at radius 2 is 2.03 bits per heavy atom. The average Bonchev–Trinajstić information content (AvgIpc) is 2.65. The fourth-order valence-corrected chi connectivity index (χ4v) is 4.71. The molecular formula is C18H22N4O6S. The number of fused-ring (bicyclic) bond motifs is 1. The third-order valence-corrected chi connectivity index (χ3v) is 6.52. The Hall–Kier alpha value is -2.82. The fraction of sp³-hybridized carbons (Fsp3) is 0.500. The maximum absolute atomic E-state index is 13.1. The van der Waals surface area contributed by atoms with E-state index in [9.17, 15) is 23.3 Å². The Bertz CT molecular complexity index is 1060. The molecule has 1 atom stereocenters. The number of amides is 1. The number of sulfone groups is 1. The largest absolute Gasteiger partial charge is 0.444 e. The summed E-state index contributed by atoms with van der Waals surface area (Å²) in [6.45, 7) is 5.68. The summed E-state index contributed by atoms with van der Waals surface area (Å²) in [5.41, 5.74) is -0.341. The molecule has 156 valence electrons. The number of hydrogen-bond acceptors (Lipinski definition) is 8. The molecule has 0 bridgehead atoms. The van der Waals surface area contributed by atoms with Crippen LogP contribution in [0.1, 0.15) is 33.6 Å². The van der Waals surface area contributed by atoms with Gasteiger partial charge in [0.05, 0.1) is 27.4 Å². The highest BCUT2D eigenvalue weighted by molar-refractivity contribution is 7.92. The maximum Gasteiger partial charge on any atom is 0.410 e. The lowest BCUT2D eigenvalue weighted by atomic mass is 10.1. The van der Waals surface area contributed by atoms with Crippen molar-refractivity contribution in [2.24, 2.45) is 0 Å². The van der Waals surface area contributed by atoms with Crippen LogP contribution in [-0.4, -0.2) is 58.2 Å². The first-order valence-electron chi connectivity index (χ1n) is 9.10. The number of carbonyl (C=O) groups is 1. The van der Waals surface area contributed by atoms with Crippen molar-refractivity contribution >= 4 is 32.7 Å². The van der Waals surface area contributed by atoms with E-state index in [1.807, 2.05) is 0 Å². The van der Waals surface area contributed by atoms with Crippen LogP contribution in [0.5, 0.6) is 0 Å². The molecule has 29 heavy (non-hydrogen) atoms. The highest BCUT2D eigenvalue weighted by Gasteiger charge is 2.36. The van der Waals surface area contributed by atoms with Gasteiger partial charge < -0.3 is 9.64 Å². The normalized spacial score (nSPS) is 17.9. The number of benzene rings is 1. The zero-order valence-corrected chi connectivity index (χ0v) is 17.2. The van der Waals surface area contributed by atoms with E-state index in [0.29, 0.717) is 19.4 Å². The van der Waals surface area contributed by atoms with Crippen molar-refractivity contribution in [1.82, 2.24) is 14.9 Å². The van der Waals surface area contributed by atoms with Crippen LogP contribution in [-0.2, 0) is 14.6 Å². The summed E-state index contributed by atoms with van der Waals surface area (Å²) in [5.74, 6) is 0. The van der Waals surface area contributed by atoms with Gasteiger partial charge in [0, 0.05) is 25.2 Å². The number of nitro groups is 1. The molecule has 1 aliphatic heterocycles. The van der Waals surface area contributed by atoms with Crippen LogP contribution in [0.2, 0.25) is 0 Å². The number of piperidine rings is 1. The summed E-state index contributed by atoms with van der Waals surface area (Å²) in [5, 5.41) is 9.83. The number of aromatic nitrogens is 2. The molecule has 1 saturated heterocycles. The molecule has 3 rings (SSSR count). The molecule has 2 aromatic rings. The summed E-state index contributed by atoms with van der Waals surface area (Å²) in [4.78, 5) is 32.2. The number of ether oxygens (including phenoxy) is 1. The van der Waals surface area contributed by atoms with E-state index in [4.69, 9.17) is 4.74 Å². The second-order valence-electron chi connectivity index (χ2n) is 7.87. The van der Waals surface area contributed by atoms with Crippen LogP contribution < -0.4 is 0 Å². The molecule has 0 N–H and O–H groups in total. The van der Waals surface area contributed by atoms with Crippen molar-refractivity contribution in [1.29, 1.82) is 0 Å². The van der Waals surface area contributed by atoms with Gasteiger partial charge in [0.25, 0.3) is 5.69 Å². The molecule has 0 spiro atoms. The second-order valence-corrected chi connectivity index (χ2v) is 10.0. The van der Waals surface area contributed by atoms with E-state index < -0.39 is 31.7 Å². The summed E-state index contributed by atoms with van der Waals surface area (Å²) in [6.07, 6.45) is 1.47. The highest BCUT2D eigenvalue weighted by Crippen LogP contribution is 2.25. The van der Waals surface area contributed by atoms with Crippen molar-refractivity contribution in [2.45, 2.75) is 49.5 Å². The van der Waals surface area contributed by atoms with Crippen molar-refractivity contribution in [3.8, 4) is 0 Å². The SMILES string of the molecule is CC(C)(C)OC(=O)N1CCC[C@H](S(=O)(=O)c2cnc3cc([N+](=O)[O-])ccc3n2)C1. The summed E-state index contributed by atoms with van der Waals surface area (Å²) in [6, 6.07) is 3.86. The molecule has 10 nitrogen and oxygen atoms in total. The lowest BCUT2D eigenvalue weighted by molar-refractivity contribution is -0.384. The number of likely N-dealkylation sites (tertiary alicyclic amines) is 1. The minimum Gasteiger partial charge on any atom is -0.444 e. The lowest BCUT2D eigenvalue weighted by Gasteiger charge is -2.33. The third-order valence-electron chi connectivity index (χ3n) is 4.47. The molecule has 2 heterocycles. The molecule has 0 unspecified atom stereocenters. The first kappa shape index (κ1) is 20.9. The molecule has 1 aromatic heterocycles. The van der Waals surface area contributed by atoms with Gasteiger partial charge in [-0.3, -0.25) is 15.1 Å². The molecule has 1 aliphatic rings. The van der Waals surface area contributed by atoms with Gasteiger partial charge in [0.2, 0.25) is 9.84 Å². The van der Waals surface area contributed by atoms with Gasteiger partial charge in [0.1, 0.15) is 5.60 Å². The topological polar surface area (TPSA) is 133 Å². The molecule has 11 heteroatoms. The Morgan fingerprint density at radius 3 is 2.69 bits per heavy atom. The van der Waals surface area contributed by atoms with Crippen molar-refractivity contribution in [3.05, 3.63) is 34.5 Å². The monoisotopic (exact) mass is 422 g/mol. The number of hydrogen-bond donors (Lipinski definition) is 0. The smallest absolute Gasteiger partial charge is 0.410 e. The number of nitrogens with zero attached hydrogens (tertiary/aromatic N) is 4. The van der Waals surface area contributed by atoms with Crippen LogP contribution in [0.15, 0.2) is 29.4 Å². The summed E-state index contributed by atoms with van der Waals surface area (Å²) < 4.78 is 31.5. The highest BCUT2D eigenvalue weighted by atomic mass is 32.2. The quantitative estimate of drug-likeness (QED) is 0.545. The molecule has 0 radical (unpaired) electrons. The number of rotatable bonds is 3. The van der Waals surface area contributed by atoms with Crippen LogP contribution >= 0.6 is 0 Å². The van der Waals surface area contributed by atoms with Gasteiger partial charge in [-0.1, -0.05) is 0 Å². The molecule has 1 amide bonds. The standard InChI is InChI=1S/C18H22N4O6S/c1-18(2,3)28-17(23)21-8-4-5-13(11-21)29(26,27)16-10-19-15-9-12(22(24)25)6-7-14(15)20-16/h6-7,9-10,13H,4-5,8,11H2,1-3H3/t13-/m0/s1. The van der Waals surface area contributed by atoms with Crippen LogP contribution in [0.4, 0.5) is 10.5 Å². The van der Waals surface area contributed by atoms with Gasteiger partial charge in [-0.25, -0.2) is 18.2 Å². The Balaban J connectivity index is 1.85. The Labute approximate surface area is 168 Å². The van der Waals surface area contributed by atoms with Gasteiger partial charge in [0.15, 0.2) is 5.03 Å². The maximum atomic E-state index is 13.1. The number of non-ortho nitro benzene ring substituents is 1. The van der Waals surface area contributed by atoms with Gasteiger partial charge >= 0.3 is 6.09 Å². The van der Waals surface area contributed by atoms with Crippen LogP contribution in [0.3, 0.4) is 0 Å². The van der Waals surface area contributed by atoms with Crippen LogP contribution in [0.25, 0.3) is 11.0 Å². The van der Waals surface area contributed by atoms with Gasteiger partial charge in [-0.15, -0.1) is 0 Å².